The molecule has 2 saturated heterocycles. The van der Waals surface area contributed by atoms with Crippen LogP contribution in [0.5, 0.6) is 0 Å². The summed E-state index contributed by atoms with van der Waals surface area (Å²) in [6, 6.07) is 16.4. The Morgan fingerprint density at radius 3 is 2.26 bits per heavy atom. The first kappa shape index (κ1) is 22.1. The minimum Gasteiger partial charge on any atom is -0.481 e. The number of carbonyl (C=O) groups excluding carboxylic acids is 2. The summed E-state index contributed by atoms with van der Waals surface area (Å²) in [4.78, 5) is 38.4. The SMILES string of the molecule is O=C(NC[C@@H]1CCO[C@@H]1C(=O)N1CC2C(C1)C2C(=O)O)OCC1c2ccccc2-c2ccccc21. The first-order valence-electron chi connectivity index (χ1n) is 12.2. The van der Waals surface area contributed by atoms with E-state index in [9.17, 15) is 19.5 Å². The van der Waals surface area contributed by atoms with Crippen LogP contribution in [0.25, 0.3) is 11.1 Å². The smallest absolute Gasteiger partial charge is 0.407 e. The van der Waals surface area contributed by atoms with E-state index in [1.54, 1.807) is 4.90 Å². The highest BCUT2D eigenvalue weighted by Gasteiger charge is 2.61. The van der Waals surface area contributed by atoms with Crippen molar-refractivity contribution >= 4 is 18.0 Å². The van der Waals surface area contributed by atoms with Crippen LogP contribution in [0.2, 0.25) is 0 Å². The van der Waals surface area contributed by atoms with Crippen molar-refractivity contribution in [3.63, 3.8) is 0 Å². The molecular weight excluding hydrogens is 448 g/mol. The Morgan fingerprint density at radius 1 is 1.00 bits per heavy atom. The van der Waals surface area contributed by atoms with Gasteiger partial charge < -0.3 is 24.8 Å². The van der Waals surface area contributed by atoms with Crippen LogP contribution >= 0.6 is 0 Å². The van der Waals surface area contributed by atoms with Crippen molar-refractivity contribution in [3.8, 4) is 11.1 Å². The van der Waals surface area contributed by atoms with Gasteiger partial charge in [-0.05, 0) is 40.5 Å². The van der Waals surface area contributed by atoms with E-state index in [0.29, 0.717) is 32.7 Å². The summed E-state index contributed by atoms with van der Waals surface area (Å²) in [5.41, 5.74) is 4.67. The topological polar surface area (TPSA) is 105 Å². The van der Waals surface area contributed by atoms with Crippen molar-refractivity contribution in [2.75, 3.05) is 32.8 Å². The van der Waals surface area contributed by atoms with Crippen LogP contribution < -0.4 is 5.32 Å². The average Bonchev–Trinajstić information content (AvgIpc) is 3.22. The number of hydrogen-bond donors (Lipinski definition) is 2. The van der Waals surface area contributed by atoms with Crippen molar-refractivity contribution < 1.29 is 29.0 Å². The number of hydrogen-bond acceptors (Lipinski definition) is 5. The first-order valence-corrected chi connectivity index (χ1v) is 12.2. The molecule has 6 rings (SSSR count). The van der Waals surface area contributed by atoms with Gasteiger partial charge in [-0.15, -0.1) is 0 Å². The maximum absolute atomic E-state index is 13.0. The Labute approximate surface area is 203 Å². The van der Waals surface area contributed by atoms with E-state index in [1.807, 2.05) is 24.3 Å². The van der Waals surface area contributed by atoms with Gasteiger partial charge in [-0.3, -0.25) is 9.59 Å². The van der Waals surface area contributed by atoms with E-state index in [0.717, 1.165) is 11.1 Å². The second-order valence-electron chi connectivity index (χ2n) is 9.98. The molecular formula is C27H28N2O6. The number of likely N-dealkylation sites (tertiary alicyclic amines) is 1. The van der Waals surface area contributed by atoms with Crippen LogP contribution in [0.3, 0.4) is 0 Å². The fourth-order valence-corrected chi connectivity index (χ4v) is 6.23. The molecule has 35 heavy (non-hydrogen) atoms. The average molecular weight is 477 g/mol. The zero-order chi connectivity index (χ0) is 24.1. The third-order valence-electron chi connectivity index (χ3n) is 8.10. The molecule has 8 nitrogen and oxygen atoms in total. The largest absolute Gasteiger partial charge is 0.481 e. The highest BCUT2D eigenvalue weighted by Crippen LogP contribution is 2.52. The molecule has 0 bridgehead atoms. The fourth-order valence-electron chi connectivity index (χ4n) is 6.23. The maximum atomic E-state index is 13.0. The van der Waals surface area contributed by atoms with Gasteiger partial charge in [0, 0.05) is 38.1 Å². The highest BCUT2D eigenvalue weighted by atomic mass is 16.5. The number of aliphatic carboxylic acids is 1. The molecule has 2 amide bonds. The Morgan fingerprint density at radius 2 is 1.63 bits per heavy atom. The summed E-state index contributed by atoms with van der Waals surface area (Å²) in [6.45, 7) is 1.96. The minimum atomic E-state index is -0.769. The van der Waals surface area contributed by atoms with E-state index in [1.165, 1.54) is 11.1 Å². The molecule has 2 unspecified atom stereocenters. The molecule has 2 N–H and O–H groups in total. The number of benzene rings is 2. The van der Waals surface area contributed by atoms with Gasteiger partial charge in [0.2, 0.25) is 0 Å². The summed E-state index contributed by atoms with van der Waals surface area (Å²) in [5, 5.41) is 12.0. The number of carbonyl (C=O) groups is 3. The summed E-state index contributed by atoms with van der Waals surface area (Å²) in [7, 11) is 0. The number of amides is 2. The molecule has 0 spiro atoms. The van der Waals surface area contributed by atoms with E-state index < -0.39 is 18.2 Å². The predicted molar refractivity (Wildman–Crippen MR) is 126 cm³/mol. The number of piperidine rings is 1. The minimum absolute atomic E-state index is 0.00600. The molecule has 0 aromatic heterocycles. The third kappa shape index (κ3) is 3.86. The van der Waals surface area contributed by atoms with Crippen LogP contribution in [0, 0.1) is 23.7 Å². The molecule has 4 aliphatic rings. The van der Waals surface area contributed by atoms with Gasteiger partial charge in [-0.25, -0.2) is 4.79 Å². The van der Waals surface area contributed by atoms with Crippen molar-refractivity contribution in [3.05, 3.63) is 59.7 Å². The lowest BCUT2D eigenvalue weighted by Crippen LogP contribution is -2.45. The zero-order valence-electron chi connectivity index (χ0n) is 19.3. The van der Waals surface area contributed by atoms with Gasteiger partial charge in [0.05, 0.1) is 5.92 Å². The maximum Gasteiger partial charge on any atom is 0.407 e. The van der Waals surface area contributed by atoms with Crippen molar-refractivity contribution in [1.82, 2.24) is 10.2 Å². The van der Waals surface area contributed by atoms with Crippen molar-refractivity contribution in [2.45, 2.75) is 18.4 Å². The lowest BCUT2D eigenvalue weighted by Gasteiger charge is -2.25. The van der Waals surface area contributed by atoms with Crippen LogP contribution in [0.1, 0.15) is 23.5 Å². The van der Waals surface area contributed by atoms with E-state index in [4.69, 9.17) is 9.47 Å². The Balaban J connectivity index is 1.02. The van der Waals surface area contributed by atoms with Gasteiger partial charge in [0.1, 0.15) is 12.7 Å². The Hall–Kier alpha value is -3.39. The highest BCUT2D eigenvalue weighted by molar-refractivity contribution is 5.83. The number of alkyl carbamates (subject to hydrolysis) is 1. The summed E-state index contributed by atoms with van der Waals surface area (Å²) in [6.07, 6.45) is -0.431. The molecule has 4 atom stereocenters. The molecule has 2 aromatic rings. The Kier molecular flexibility index (Phi) is 5.48. The second kappa shape index (κ2) is 8.68. The monoisotopic (exact) mass is 476 g/mol. The number of nitrogens with zero attached hydrogens (tertiary/aromatic N) is 1. The second-order valence-corrected chi connectivity index (χ2v) is 9.98. The van der Waals surface area contributed by atoms with E-state index in [-0.39, 0.29) is 42.1 Å². The molecule has 1 saturated carbocycles. The molecule has 3 fully saturated rings. The lowest BCUT2D eigenvalue weighted by atomic mass is 9.98. The quantitative estimate of drug-likeness (QED) is 0.664. The summed E-state index contributed by atoms with van der Waals surface area (Å²) < 4.78 is 11.3. The van der Waals surface area contributed by atoms with Crippen LogP contribution in [-0.2, 0) is 19.1 Å². The van der Waals surface area contributed by atoms with Gasteiger partial charge in [0.15, 0.2) is 0 Å². The molecule has 2 aromatic carbocycles. The number of carboxylic acid groups (broad SMARTS) is 1. The summed E-state index contributed by atoms with van der Waals surface area (Å²) >= 11 is 0. The molecule has 0 radical (unpaired) electrons. The fraction of sp³-hybridized carbons (Fsp3) is 0.444. The van der Waals surface area contributed by atoms with Crippen molar-refractivity contribution in [2.24, 2.45) is 23.7 Å². The Bertz CT molecular complexity index is 1120. The lowest BCUT2D eigenvalue weighted by molar-refractivity contribution is -0.145. The van der Waals surface area contributed by atoms with E-state index >= 15 is 0 Å². The summed E-state index contributed by atoms with van der Waals surface area (Å²) in [5.74, 6) is -1.18. The molecule has 182 valence electrons. The van der Waals surface area contributed by atoms with Gasteiger partial charge in [-0.1, -0.05) is 48.5 Å². The molecule has 2 aliphatic carbocycles. The van der Waals surface area contributed by atoms with Gasteiger partial charge in [-0.2, -0.15) is 0 Å². The van der Waals surface area contributed by atoms with E-state index in [2.05, 4.69) is 29.6 Å². The van der Waals surface area contributed by atoms with Gasteiger partial charge >= 0.3 is 12.1 Å². The molecule has 2 heterocycles. The normalized spacial score (nSPS) is 28.2. The zero-order valence-corrected chi connectivity index (χ0v) is 19.3. The van der Waals surface area contributed by atoms with Gasteiger partial charge in [0.25, 0.3) is 5.91 Å². The molecule has 2 aliphatic heterocycles. The van der Waals surface area contributed by atoms with Crippen LogP contribution in [-0.4, -0.2) is 66.9 Å². The predicted octanol–water partition coefficient (Wildman–Crippen LogP) is 2.72. The number of fused-ring (bicyclic) bond motifs is 4. The van der Waals surface area contributed by atoms with Crippen molar-refractivity contribution in [1.29, 1.82) is 0 Å². The number of carboxylic acids is 1. The number of rotatable bonds is 6. The number of ether oxygens (including phenoxy) is 2. The van der Waals surface area contributed by atoms with Crippen LogP contribution in [0.4, 0.5) is 4.79 Å². The standard InChI is InChI=1S/C27H28N2O6/c30-25(29-12-20-21(13-29)23(20)26(31)32)24-15(9-10-34-24)11-28-27(33)35-14-22-18-7-3-1-5-16(18)17-6-2-4-8-19(17)22/h1-8,15,20-24H,9-14H2,(H,28,33)(H,31,32)/t15-,20?,21?,23?,24-/m0/s1. The number of nitrogens with one attached hydrogen (secondary N) is 1. The first-order chi connectivity index (χ1) is 17.0. The van der Waals surface area contributed by atoms with Crippen LogP contribution in [0.15, 0.2) is 48.5 Å². The third-order valence-corrected chi connectivity index (χ3v) is 8.10. The molecule has 8 heteroatoms.